The molecule has 0 aliphatic carbocycles. The quantitative estimate of drug-likeness (QED) is 0.215. The number of aryl methyl sites for hydroxylation is 2. The lowest BCUT2D eigenvalue weighted by molar-refractivity contribution is 0.0697. The molecular formula is C34H31ClN2O3. The van der Waals surface area contributed by atoms with E-state index >= 15 is 0 Å². The van der Waals surface area contributed by atoms with Gasteiger partial charge < -0.3 is 15.0 Å². The average Bonchev–Trinajstić information content (AvgIpc) is 3.19. The molecule has 0 aliphatic heterocycles. The van der Waals surface area contributed by atoms with E-state index in [9.17, 15) is 14.7 Å². The van der Waals surface area contributed by atoms with Crippen molar-refractivity contribution in [1.82, 2.24) is 9.88 Å². The Labute approximate surface area is 239 Å². The molecule has 0 fully saturated rings. The number of hydrogen-bond acceptors (Lipinski definition) is 2. The fourth-order valence-electron chi connectivity index (χ4n) is 5.19. The zero-order valence-corrected chi connectivity index (χ0v) is 23.7. The Balaban J connectivity index is 1.38. The third-order valence-electron chi connectivity index (χ3n) is 7.69. The first kappa shape index (κ1) is 27.2. The minimum atomic E-state index is -0.938. The Bertz CT molecular complexity index is 1750. The summed E-state index contributed by atoms with van der Waals surface area (Å²) in [4.78, 5) is 24.8. The smallest absolute Gasteiger partial charge is 0.336 e. The minimum absolute atomic E-state index is 0.121. The van der Waals surface area contributed by atoms with Gasteiger partial charge in [-0.05, 0) is 91.4 Å². The van der Waals surface area contributed by atoms with E-state index in [1.165, 1.54) is 0 Å². The third-order valence-corrected chi connectivity index (χ3v) is 8.12. The molecule has 1 amide bonds. The molecule has 0 bridgehead atoms. The Kier molecular flexibility index (Phi) is 7.51. The van der Waals surface area contributed by atoms with Gasteiger partial charge in [0.1, 0.15) is 0 Å². The number of fused-ring (bicyclic) bond motifs is 1. The molecule has 4 aromatic carbocycles. The van der Waals surface area contributed by atoms with Crippen molar-refractivity contribution in [3.8, 4) is 11.1 Å². The maximum absolute atomic E-state index is 13.2. The molecule has 5 rings (SSSR count). The fraction of sp³-hybridized carbons (Fsp3) is 0.176. The highest BCUT2D eigenvalue weighted by Gasteiger charge is 2.17. The van der Waals surface area contributed by atoms with Crippen LogP contribution in [0.5, 0.6) is 0 Å². The van der Waals surface area contributed by atoms with Crippen LogP contribution in [-0.2, 0) is 6.54 Å². The fourth-order valence-corrected chi connectivity index (χ4v) is 5.31. The predicted octanol–water partition coefficient (Wildman–Crippen LogP) is 8.12. The van der Waals surface area contributed by atoms with Gasteiger partial charge in [-0.15, -0.1) is 0 Å². The van der Waals surface area contributed by atoms with Crippen molar-refractivity contribution in [1.29, 1.82) is 0 Å². The van der Waals surface area contributed by atoms with Crippen LogP contribution < -0.4 is 5.32 Å². The first-order chi connectivity index (χ1) is 19.1. The first-order valence-corrected chi connectivity index (χ1v) is 13.6. The van der Waals surface area contributed by atoms with Gasteiger partial charge in [-0.25, -0.2) is 4.79 Å². The Morgan fingerprint density at radius 1 is 0.925 bits per heavy atom. The lowest BCUT2D eigenvalue weighted by atomic mass is 9.99. The van der Waals surface area contributed by atoms with Crippen molar-refractivity contribution in [2.75, 3.05) is 0 Å². The number of carbonyl (C=O) groups excluding carboxylic acids is 1. The van der Waals surface area contributed by atoms with Gasteiger partial charge in [0, 0.05) is 33.7 Å². The second-order valence-electron chi connectivity index (χ2n) is 10.3. The van der Waals surface area contributed by atoms with Crippen molar-refractivity contribution < 1.29 is 14.7 Å². The highest BCUT2D eigenvalue weighted by molar-refractivity contribution is 6.31. The van der Waals surface area contributed by atoms with Gasteiger partial charge >= 0.3 is 5.97 Å². The molecule has 0 radical (unpaired) electrons. The minimum Gasteiger partial charge on any atom is -0.478 e. The number of nitrogens with one attached hydrogen (secondary N) is 1. The van der Waals surface area contributed by atoms with Gasteiger partial charge in [-0.1, -0.05) is 66.2 Å². The molecule has 202 valence electrons. The van der Waals surface area contributed by atoms with Crippen LogP contribution in [0.3, 0.4) is 0 Å². The number of nitrogens with zero attached hydrogens (tertiary/aromatic N) is 1. The second-order valence-corrected chi connectivity index (χ2v) is 10.7. The average molecular weight is 551 g/mol. The summed E-state index contributed by atoms with van der Waals surface area (Å²) in [6, 6.07) is 26.5. The number of halogens is 1. The molecule has 1 heterocycles. The number of carboxylic acid groups (broad SMARTS) is 1. The van der Waals surface area contributed by atoms with Crippen LogP contribution in [0, 0.1) is 20.8 Å². The largest absolute Gasteiger partial charge is 0.478 e. The van der Waals surface area contributed by atoms with Crippen molar-refractivity contribution in [3.05, 3.63) is 129 Å². The number of rotatable bonds is 7. The lowest BCUT2D eigenvalue weighted by Crippen LogP contribution is -2.26. The molecule has 0 spiro atoms. The van der Waals surface area contributed by atoms with Gasteiger partial charge in [-0.2, -0.15) is 0 Å². The van der Waals surface area contributed by atoms with E-state index in [1.54, 1.807) is 12.1 Å². The number of aromatic carboxylic acids is 1. The van der Waals surface area contributed by atoms with Crippen LogP contribution in [-0.4, -0.2) is 21.6 Å². The summed E-state index contributed by atoms with van der Waals surface area (Å²) in [5, 5.41) is 14.4. The highest BCUT2D eigenvalue weighted by atomic mass is 35.5. The number of hydrogen-bond donors (Lipinski definition) is 2. The van der Waals surface area contributed by atoms with Crippen LogP contribution in [0.25, 0.3) is 22.0 Å². The van der Waals surface area contributed by atoms with Gasteiger partial charge in [0.2, 0.25) is 0 Å². The van der Waals surface area contributed by atoms with E-state index in [-0.39, 0.29) is 17.5 Å². The number of carboxylic acids is 1. The molecule has 0 aliphatic rings. The first-order valence-electron chi connectivity index (χ1n) is 13.2. The maximum atomic E-state index is 13.2. The Morgan fingerprint density at radius 3 is 2.35 bits per heavy atom. The van der Waals surface area contributed by atoms with Gasteiger partial charge in [0.15, 0.2) is 0 Å². The molecule has 5 aromatic rings. The van der Waals surface area contributed by atoms with E-state index in [4.69, 9.17) is 11.6 Å². The molecule has 1 atom stereocenters. The van der Waals surface area contributed by atoms with Gasteiger partial charge in [-0.3, -0.25) is 4.79 Å². The summed E-state index contributed by atoms with van der Waals surface area (Å²) in [5.74, 6) is -1.06. The number of aromatic nitrogens is 1. The maximum Gasteiger partial charge on any atom is 0.336 e. The Hall–Kier alpha value is -4.35. The van der Waals surface area contributed by atoms with Crippen molar-refractivity contribution in [3.63, 3.8) is 0 Å². The normalized spacial score (nSPS) is 11.9. The second kappa shape index (κ2) is 11.0. The number of benzene rings is 4. The molecule has 0 saturated heterocycles. The molecule has 40 heavy (non-hydrogen) atoms. The topological polar surface area (TPSA) is 71.3 Å². The standard InChI is InChI=1S/C34H31ClN2O3/c1-20-17-26(13-15-31(20)35)22(3)36-33(38)27-14-16-32-30(18-27)21(2)23(4)37(32)19-24-9-11-25(12-10-24)28-7-5-6-8-29(28)34(39)40/h5-18,22H,19H2,1-4H3,(H,36,38)(H,39,40)/t22-/m0/s1. The van der Waals surface area contributed by atoms with E-state index < -0.39 is 5.97 Å². The van der Waals surface area contributed by atoms with Crippen LogP contribution in [0.1, 0.15) is 61.6 Å². The summed E-state index contributed by atoms with van der Waals surface area (Å²) in [6.07, 6.45) is 0. The van der Waals surface area contributed by atoms with Crippen LogP contribution in [0.15, 0.2) is 84.9 Å². The molecule has 5 nitrogen and oxygen atoms in total. The highest BCUT2D eigenvalue weighted by Crippen LogP contribution is 2.29. The SMILES string of the molecule is Cc1cc([C@H](C)NC(=O)c2ccc3c(c2)c(C)c(C)n3Cc2ccc(-c3ccccc3C(=O)O)cc2)ccc1Cl. The molecule has 1 aromatic heterocycles. The lowest BCUT2D eigenvalue weighted by Gasteiger charge is -2.16. The van der Waals surface area contributed by atoms with Crippen molar-refractivity contribution >= 4 is 34.4 Å². The summed E-state index contributed by atoms with van der Waals surface area (Å²) < 4.78 is 2.26. The molecule has 2 N–H and O–H groups in total. The zero-order chi connectivity index (χ0) is 28.6. The monoisotopic (exact) mass is 550 g/mol. The van der Waals surface area contributed by atoms with Crippen LogP contribution >= 0.6 is 11.6 Å². The van der Waals surface area contributed by atoms with Crippen molar-refractivity contribution in [2.24, 2.45) is 0 Å². The van der Waals surface area contributed by atoms with Crippen molar-refractivity contribution in [2.45, 2.75) is 40.3 Å². The summed E-state index contributed by atoms with van der Waals surface area (Å²) in [7, 11) is 0. The van der Waals surface area contributed by atoms with Crippen LogP contribution in [0.2, 0.25) is 5.02 Å². The molecule has 0 unspecified atom stereocenters. The summed E-state index contributed by atoms with van der Waals surface area (Å²) in [5.41, 5.74) is 8.90. The predicted molar refractivity (Wildman–Crippen MR) is 161 cm³/mol. The van der Waals surface area contributed by atoms with E-state index in [2.05, 4.69) is 23.7 Å². The molecular weight excluding hydrogens is 520 g/mol. The van der Waals surface area contributed by atoms with Gasteiger partial charge in [0.25, 0.3) is 5.91 Å². The summed E-state index contributed by atoms with van der Waals surface area (Å²) in [6.45, 7) is 8.77. The Morgan fingerprint density at radius 2 is 1.65 bits per heavy atom. The number of carbonyl (C=O) groups is 2. The molecule has 6 heteroatoms. The zero-order valence-electron chi connectivity index (χ0n) is 23.0. The van der Waals surface area contributed by atoms with Gasteiger partial charge in [0.05, 0.1) is 11.6 Å². The third kappa shape index (κ3) is 5.25. The van der Waals surface area contributed by atoms with E-state index in [0.29, 0.717) is 22.7 Å². The van der Waals surface area contributed by atoms with Crippen LogP contribution in [0.4, 0.5) is 0 Å². The van der Waals surface area contributed by atoms with E-state index in [1.807, 2.05) is 86.6 Å². The number of amides is 1. The summed E-state index contributed by atoms with van der Waals surface area (Å²) >= 11 is 6.16. The molecule has 0 saturated carbocycles. The van der Waals surface area contributed by atoms with E-state index in [0.717, 1.165) is 44.4 Å².